The van der Waals surface area contributed by atoms with Crippen molar-refractivity contribution in [3.63, 3.8) is 0 Å². The Morgan fingerprint density at radius 1 is 1.14 bits per heavy atom. The van der Waals surface area contributed by atoms with Crippen LogP contribution in [0.4, 0.5) is 4.39 Å². The molecule has 0 amide bonds. The zero-order valence-electron chi connectivity index (χ0n) is 12.3. The van der Waals surface area contributed by atoms with Crippen molar-refractivity contribution in [2.24, 2.45) is 0 Å². The second-order valence-electron chi connectivity index (χ2n) is 6.05. The maximum atomic E-state index is 12.8. The molecule has 0 radical (unpaired) electrons. The van der Waals surface area contributed by atoms with E-state index >= 15 is 0 Å². The van der Waals surface area contributed by atoms with Crippen molar-refractivity contribution in [1.82, 2.24) is 9.80 Å². The molecule has 0 spiro atoms. The highest BCUT2D eigenvalue weighted by Gasteiger charge is 2.35. The van der Waals surface area contributed by atoms with Gasteiger partial charge in [-0.3, -0.25) is 9.80 Å². The van der Waals surface area contributed by atoms with E-state index in [9.17, 15) is 9.50 Å². The lowest BCUT2D eigenvalue weighted by molar-refractivity contribution is 0.0979. The Kier molecular flexibility index (Phi) is 4.68. The summed E-state index contributed by atoms with van der Waals surface area (Å²) in [6.45, 7) is 4.77. The number of rotatable bonds is 4. The van der Waals surface area contributed by atoms with Crippen LogP contribution in [0.5, 0.6) is 0 Å². The van der Waals surface area contributed by atoms with Crippen LogP contribution in [-0.4, -0.2) is 59.8 Å². The number of hydrogen-bond donors (Lipinski definition) is 1. The van der Waals surface area contributed by atoms with Crippen LogP contribution in [-0.2, 0) is 0 Å². The molecule has 2 saturated heterocycles. The van der Waals surface area contributed by atoms with E-state index < -0.39 is 0 Å². The number of likely N-dealkylation sites (tertiary alicyclic amines) is 2. The molecule has 114 valence electrons. The lowest BCUT2D eigenvalue weighted by atomic mass is 10.2. The molecule has 3 rings (SSSR count). The molecule has 1 N–H and O–H groups in total. The van der Waals surface area contributed by atoms with E-state index in [4.69, 9.17) is 0 Å². The van der Waals surface area contributed by atoms with Gasteiger partial charge in [0, 0.05) is 25.7 Å². The van der Waals surface area contributed by atoms with Gasteiger partial charge in [-0.15, -0.1) is 0 Å². The molecule has 2 fully saturated rings. The zero-order chi connectivity index (χ0) is 14.7. The number of nitrogens with zero attached hydrogens (tertiary/aromatic N) is 2. The second-order valence-corrected chi connectivity index (χ2v) is 6.05. The monoisotopic (exact) mass is 290 g/mol. The van der Waals surface area contributed by atoms with E-state index in [0.29, 0.717) is 6.04 Å². The van der Waals surface area contributed by atoms with Gasteiger partial charge in [-0.2, -0.15) is 0 Å². The highest BCUT2D eigenvalue weighted by atomic mass is 19.1. The Hall–Kier alpha value is -1.23. The van der Waals surface area contributed by atoms with E-state index in [2.05, 4.69) is 15.9 Å². The SMILES string of the molecule is O[C@H]1CN(C/C=C/c2ccc(F)cc2)C[C@@H]1N1CCCC1. The summed E-state index contributed by atoms with van der Waals surface area (Å²) in [6.07, 6.45) is 6.38. The van der Waals surface area contributed by atoms with Gasteiger partial charge in [-0.05, 0) is 43.6 Å². The molecule has 21 heavy (non-hydrogen) atoms. The van der Waals surface area contributed by atoms with E-state index in [-0.39, 0.29) is 11.9 Å². The maximum Gasteiger partial charge on any atom is 0.123 e. The average molecular weight is 290 g/mol. The lowest BCUT2D eigenvalue weighted by Crippen LogP contribution is -2.41. The van der Waals surface area contributed by atoms with Gasteiger partial charge in [-0.1, -0.05) is 24.3 Å². The fourth-order valence-corrected chi connectivity index (χ4v) is 3.34. The molecule has 4 heteroatoms. The van der Waals surface area contributed by atoms with Crippen LogP contribution >= 0.6 is 0 Å². The fraction of sp³-hybridized carbons (Fsp3) is 0.529. The summed E-state index contributed by atoms with van der Waals surface area (Å²) in [5, 5.41) is 10.2. The molecule has 2 aliphatic rings. The third-order valence-electron chi connectivity index (χ3n) is 4.49. The predicted molar refractivity (Wildman–Crippen MR) is 82.5 cm³/mol. The van der Waals surface area contributed by atoms with E-state index in [1.807, 2.05) is 6.08 Å². The molecule has 2 aliphatic heterocycles. The van der Waals surface area contributed by atoms with Crippen molar-refractivity contribution < 1.29 is 9.50 Å². The van der Waals surface area contributed by atoms with Gasteiger partial charge in [-0.25, -0.2) is 4.39 Å². The molecule has 0 aliphatic carbocycles. The molecule has 3 nitrogen and oxygen atoms in total. The molecule has 0 aromatic heterocycles. The van der Waals surface area contributed by atoms with Crippen molar-refractivity contribution >= 4 is 6.08 Å². The smallest absolute Gasteiger partial charge is 0.123 e. The van der Waals surface area contributed by atoms with E-state index in [1.165, 1.54) is 25.0 Å². The minimum absolute atomic E-state index is 0.205. The van der Waals surface area contributed by atoms with Crippen LogP contribution < -0.4 is 0 Å². The summed E-state index contributed by atoms with van der Waals surface area (Å²) in [5.41, 5.74) is 1.01. The van der Waals surface area contributed by atoms with Crippen LogP contribution in [0.15, 0.2) is 30.3 Å². The summed E-state index contributed by atoms with van der Waals surface area (Å²) < 4.78 is 12.8. The van der Waals surface area contributed by atoms with E-state index in [0.717, 1.165) is 38.3 Å². The molecule has 0 unspecified atom stereocenters. The average Bonchev–Trinajstić information content (AvgIpc) is 3.10. The van der Waals surface area contributed by atoms with Crippen LogP contribution in [0.2, 0.25) is 0 Å². The third kappa shape index (κ3) is 3.70. The first-order valence-electron chi connectivity index (χ1n) is 7.79. The van der Waals surface area contributed by atoms with Crippen molar-refractivity contribution in [2.75, 3.05) is 32.7 Å². The highest BCUT2D eigenvalue weighted by Crippen LogP contribution is 2.20. The Morgan fingerprint density at radius 3 is 2.57 bits per heavy atom. The zero-order valence-corrected chi connectivity index (χ0v) is 12.3. The standard InChI is InChI=1S/C17H23FN2O/c18-15-7-5-14(6-8-15)4-3-9-19-12-16(17(21)13-19)20-10-1-2-11-20/h3-8,16-17,21H,1-2,9-13H2/b4-3+/t16-,17-/m0/s1. The number of benzene rings is 1. The summed E-state index contributed by atoms with van der Waals surface area (Å²) >= 11 is 0. The first-order valence-corrected chi connectivity index (χ1v) is 7.79. The first-order chi connectivity index (χ1) is 10.2. The van der Waals surface area contributed by atoms with Gasteiger partial charge in [0.25, 0.3) is 0 Å². The fourth-order valence-electron chi connectivity index (χ4n) is 3.34. The predicted octanol–water partition coefficient (Wildman–Crippen LogP) is 1.98. The van der Waals surface area contributed by atoms with Gasteiger partial charge in [0.05, 0.1) is 6.10 Å². The molecule has 1 aromatic carbocycles. The Morgan fingerprint density at radius 2 is 1.86 bits per heavy atom. The maximum absolute atomic E-state index is 12.8. The van der Waals surface area contributed by atoms with Crippen molar-refractivity contribution in [1.29, 1.82) is 0 Å². The first kappa shape index (κ1) is 14.7. The summed E-state index contributed by atoms with van der Waals surface area (Å²) in [7, 11) is 0. The van der Waals surface area contributed by atoms with Crippen molar-refractivity contribution in [3.05, 3.63) is 41.7 Å². The minimum Gasteiger partial charge on any atom is -0.390 e. The van der Waals surface area contributed by atoms with Crippen LogP contribution in [0, 0.1) is 5.82 Å². The Labute approximate surface area is 125 Å². The highest BCUT2D eigenvalue weighted by molar-refractivity contribution is 5.48. The Balaban J connectivity index is 1.51. The second kappa shape index (κ2) is 6.69. The minimum atomic E-state index is -0.234. The number of halogens is 1. The van der Waals surface area contributed by atoms with Crippen LogP contribution in [0.25, 0.3) is 6.08 Å². The summed E-state index contributed by atoms with van der Waals surface area (Å²) in [5.74, 6) is -0.205. The number of aliphatic hydroxyl groups excluding tert-OH is 1. The van der Waals surface area contributed by atoms with E-state index in [1.54, 1.807) is 12.1 Å². The van der Waals surface area contributed by atoms with Crippen LogP contribution in [0.1, 0.15) is 18.4 Å². The molecular weight excluding hydrogens is 267 g/mol. The van der Waals surface area contributed by atoms with Gasteiger partial charge >= 0.3 is 0 Å². The summed E-state index contributed by atoms with van der Waals surface area (Å²) in [4.78, 5) is 4.71. The quantitative estimate of drug-likeness (QED) is 0.918. The van der Waals surface area contributed by atoms with Gasteiger partial charge in [0.1, 0.15) is 5.82 Å². The van der Waals surface area contributed by atoms with Gasteiger partial charge in [0.2, 0.25) is 0 Å². The van der Waals surface area contributed by atoms with Crippen molar-refractivity contribution in [2.45, 2.75) is 25.0 Å². The normalized spacial score (nSPS) is 27.9. The topological polar surface area (TPSA) is 26.7 Å². The third-order valence-corrected chi connectivity index (χ3v) is 4.49. The lowest BCUT2D eigenvalue weighted by Gasteiger charge is -2.25. The number of hydrogen-bond acceptors (Lipinski definition) is 3. The molecule has 2 heterocycles. The number of aliphatic hydroxyl groups is 1. The summed E-state index contributed by atoms with van der Waals surface area (Å²) in [6, 6.07) is 6.80. The Bertz CT molecular complexity index is 482. The van der Waals surface area contributed by atoms with Gasteiger partial charge < -0.3 is 5.11 Å². The van der Waals surface area contributed by atoms with Crippen molar-refractivity contribution in [3.8, 4) is 0 Å². The molecule has 1 aromatic rings. The molecular formula is C17H23FN2O. The molecule has 0 bridgehead atoms. The molecule has 2 atom stereocenters. The van der Waals surface area contributed by atoms with Crippen LogP contribution in [0.3, 0.4) is 0 Å². The number of β-amino-alcohol motifs (C(OH)–C–C–N with tert-alkyl or cyclic N) is 1. The largest absolute Gasteiger partial charge is 0.390 e. The molecule has 0 saturated carbocycles. The van der Waals surface area contributed by atoms with Gasteiger partial charge in [0.15, 0.2) is 0 Å².